The van der Waals surface area contributed by atoms with Gasteiger partial charge in [-0.2, -0.15) is 0 Å². The number of methoxy groups -OCH3 is 1. The molecule has 1 rings (SSSR count). The van der Waals surface area contributed by atoms with Crippen LogP contribution in [0.15, 0.2) is 18.2 Å². The molecular formula is C14H22N2O3. The Kier molecular flexibility index (Phi) is 5.18. The maximum absolute atomic E-state index is 11.8. The molecule has 0 bridgehead atoms. The molecule has 5 nitrogen and oxygen atoms in total. The van der Waals surface area contributed by atoms with Crippen LogP contribution >= 0.6 is 0 Å². The molecule has 0 aliphatic rings. The van der Waals surface area contributed by atoms with Gasteiger partial charge < -0.3 is 14.8 Å². The smallest absolute Gasteiger partial charge is 0.412 e. The topological polar surface area (TPSA) is 59.6 Å². The summed E-state index contributed by atoms with van der Waals surface area (Å²) in [4.78, 5) is 11.8. The quantitative estimate of drug-likeness (QED) is 0.879. The molecule has 19 heavy (non-hydrogen) atoms. The Labute approximate surface area is 114 Å². The van der Waals surface area contributed by atoms with Crippen LogP contribution in [-0.2, 0) is 11.3 Å². The average Bonchev–Trinajstić information content (AvgIpc) is 2.29. The molecule has 0 spiro atoms. The minimum Gasteiger partial charge on any atom is -0.497 e. The highest BCUT2D eigenvalue weighted by atomic mass is 16.6. The second kappa shape index (κ2) is 6.43. The number of hydrogen-bond donors (Lipinski definition) is 2. The van der Waals surface area contributed by atoms with Crippen molar-refractivity contribution >= 4 is 11.8 Å². The number of rotatable bonds is 4. The molecule has 0 aliphatic carbocycles. The Bertz CT molecular complexity index is 439. The maximum Gasteiger partial charge on any atom is 0.412 e. The van der Waals surface area contributed by atoms with Crippen LogP contribution < -0.4 is 15.4 Å². The van der Waals surface area contributed by atoms with E-state index in [1.807, 2.05) is 33.9 Å². The molecule has 0 radical (unpaired) electrons. The first kappa shape index (κ1) is 15.3. The number of hydrogen-bond acceptors (Lipinski definition) is 4. The van der Waals surface area contributed by atoms with Gasteiger partial charge in [-0.1, -0.05) is 0 Å². The molecule has 0 saturated heterocycles. The summed E-state index contributed by atoms with van der Waals surface area (Å²) in [6, 6.07) is 5.48. The Morgan fingerprint density at radius 2 is 2.00 bits per heavy atom. The second-order valence-electron chi connectivity index (χ2n) is 5.18. The predicted octanol–water partition coefficient (Wildman–Crippen LogP) is 2.76. The lowest BCUT2D eigenvalue weighted by Crippen LogP contribution is -2.27. The Hall–Kier alpha value is -1.75. The maximum atomic E-state index is 11.8. The molecule has 0 aromatic heterocycles. The van der Waals surface area contributed by atoms with Crippen molar-refractivity contribution in [2.75, 3.05) is 19.5 Å². The molecule has 0 fully saturated rings. The predicted molar refractivity (Wildman–Crippen MR) is 75.6 cm³/mol. The monoisotopic (exact) mass is 266 g/mol. The van der Waals surface area contributed by atoms with Crippen LogP contribution in [0.25, 0.3) is 0 Å². The third-order valence-electron chi connectivity index (χ3n) is 2.32. The molecule has 1 aromatic carbocycles. The standard InChI is InChI=1S/C14H22N2O3/c1-14(2,3)19-13(17)16-12-7-6-11(18-5)8-10(12)9-15-4/h6-8,15H,9H2,1-5H3,(H,16,17). The molecule has 0 heterocycles. The van der Waals surface area contributed by atoms with Crippen molar-refractivity contribution in [2.24, 2.45) is 0 Å². The van der Waals surface area contributed by atoms with E-state index in [1.165, 1.54) is 0 Å². The van der Waals surface area contributed by atoms with E-state index in [9.17, 15) is 4.79 Å². The third kappa shape index (κ3) is 5.18. The normalized spacial score (nSPS) is 11.0. The van der Waals surface area contributed by atoms with Crippen molar-refractivity contribution in [3.8, 4) is 5.75 Å². The van der Waals surface area contributed by atoms with Crippen molar-refractivity contribution in [1.82, 2.24) is 5.32 Å². The summed E-state index contributed by atoms with van der Waals surface area (Å²) in [6.45, 7) is 6.11. The van der Waals surface area contributed by atoms with E-state index in [-0.39, 0.29) is 0 Å². The Morgan fingerprint density at radius 3 is 2.53 bits per heavy atom. The van der Waals surface area contributed by atoms with Crippen molar-refractivity contribution in [3.63, 3.8) is 0 Å². The summed E-state index contributed by atoms with van der Waals surface area (Å²) in [5, 5.41) is 5.80. The molecule has 0 saturated carbocycles. The van der Waals surface area contributed by atoms with Gasteiger partial charge in [0.25, 0.3) is 0 Å². The molecule has 0 unspecified atom stereocenters. The molecule has 0 aliphatic heterocycles. The van der Waals surface area contributed by atoms with Gasteiger partial charge in [0, 0.05) is 12.2 Å². The fraction of sp³-hybridized carbons (Fsp3) is 0.500. The molecule has 106 valence electrons. The average molecular weight is 266 g/mol. The van der Waals surface area contributed by atoms with Gasteiger partial charge in [0.2, 0.25) is 0 Å². The van der Waals surface area contributed by atoms with Crippen LogP contribution in [0.2, 0.25) is 0 Å². The van der Waals surface area contributed by atoms with Crippen molar-refractivity contribution in [1.29, 1.82) is 0 Å². The summed E-state index contributed by atoms with van der Waals surface area (Å²) in [5.41, 5.74) is 1.14. The van der Waals surface area contributed by atoms with Crippen LogP contribution in [0.5, 0.6) is 5.75 Å². The molecule has 1 aromatic rings. The highest BCUT2D eigenvalue weighted by Gasteiger charge is 2.17. The zero-order valence-corrected chi connectivity index (χ0v) is 12.2. The number of ether oxygens (including phenoxy) is 2. The van der Waals surface area contributed by atoms with E-state index in [0.717, 1.165) is 11.3 Å². The third-order valence-corrected chi connectivity index (χ3v) is 2.32. The second-order valence-corrected chi connectivity index (χ2v) is 5.18. The number of carbonyl (C=O) groups is 1. The highest BCUT2D eigenvalue weighted by molar-refractivity contribution is 5.86. The van der Waals surface area contributed by atoms with E-state index in [1.54, 1.807) is 19.2 Å². The van der Waals surface area contributed by atoms with Gasteiger partial charge >= 0.3 is 6.09 Å². The van der Waals surface area contributed by atoms with Gasteiger partial charge in [0.05, 0.1) is 7.11 Å². The van der Waals surface area contributed by atoms with Crippen LogP contribution in [0.3, 0.4) is 0 Å². The number of amides is 1. The lowest BCUT2D eigenvalue weighted by atomic mass is 10.1. The van der Waals surface area contributed by atoms with Crippen molar-refractivity contribution < 1.29 is 14.3 Å². The van der Waals surface area contributed by atoms with Gasteiger partial charge in [-0.3, -0.25) is 5.32 Å². The van der Waals surface area contributed by atoms with Gasteiger partial charge in [-0.05, 0) is 51.6 Å². The summed E-state index contributed by atoms with van der Waals surface area (Å²) < 4.78 is 10.4. The summed E-state index contributed by atoms with van der Waals surface area (Å²) in [6.07, 6.45) is -0.463. The van der Waals surface area contributed by atoms with Crippen LogP contribution in [0.4, 0.5) is 10.5 Å². The van der Waals surface area contributed by atoms with E-state index in [0.29, 0.717) is 12.2 Å². The number of carbonyl (C=O) groups excluding carboxylic acids is 1. The zero-order valence-electron chi connectivity index (χ0n) is 12.2. The van der Waals surface area contributed by atoms with Gasteiger partial charge in [0.15, 0.2) is 0 Å². The minimum atomic E-state index is -0.514. The van der Waals surface area contributed by atoms with Crippen LogP contribution in [0.1, 0.15) is 26.3 Å². The molecule has 1 amide bonds. The summed E-state index contributed by atoms with van der Waals surface area (Å²) in [5.74, 6) is 0.750. The fourth-order valence-electron chi connectivity index (χ4n) is 1.57. The SMILES string of the molecule is CNCc1cc(OC)ccc1NC(=O)OC(C)(C)C. The lowest BCUT2D eigenvalue weighted by molar-refractivity contribution is 0.0635. The molecule has 2 N–H and O–H groups in total. The van der Waals surface area contributed by atoms with E-state index in [2.05, 4.69) is 10.6 Å². The molecule has 0 atom stereocenters. The first-order valence-electron chi connectivity index (χ1n) is 6.17. The summed E-state index contributed by atoms with van der Waals surface area (Å²) in [7, 11) is 3.45. The Balaban J connectivity index is 2.84. The lowest BCUT2D eigenvalue weighted by Gasteiger charge is -2.20. The molecular weight excluding hydrogens is 244 g/mol. The van der Waals surface area contributed by atoms with Crippen LogP contribution in [-0.4, -0.2) is 25.9 Å². The van der Waals surface area contributed by atoms with Gasteiger partial charge in [-0.25, -0.2) is 4.79 Å². The minimum absolute atomic E-state index is 0.463. The first-order chi connectivity index (χ1) is 8.85. The van der Waals surface area contributed by atoms with E-state index >= 15 is 0 Å². The summed E-state index contributed by atoms with van der Waals surface area (Å²) >= 11 is 0. The van der Waals surface area contributed by atoms with Gasteiger partial charge in [-0.15, -0.1) is 0 Å². The fourth-order valence-corrected chi connectivity index (χ4v) is 1.57. The van der Waals surface area contributed by atoms with Crippen molar-refractivity contribution in [2.45, 2.75) is 32.9 Å². The zero-order chi connectivity index (χ0) is 14.5. The number of nitrogens with one attached hydrogen (secondary N) is 2. The van der Waals surface area contributed by atoms with Crippen LogP contribution in [0, 0.1) is 0 Å². The first-order valence-corrected chi connectivity index (χ1v) is 6.17. The number of benzene rings is 1. The number of anilines is 1. The largest absolute Gasteiger partial charge is 0.497 e. The Morgan fingerprint density at radius 1 is 1.32 bits per heavy atom. The van der Waals surface area contributed by atoms with E-state index in [4.69, 9.17) is 9.47 Å². The molecule has 5 heteroatoms. The van der Waals surface area contributed by atoms with Crippen molar-refractivity contribution in [3.05, 3.63) is 23.8 Å². The van der Waals surface area contributed by atoms with E-state index < -0.39 is 11.7 Å². The van der Waals surface area contributed by atoms with Gasteiger partial charge in [0.1, 0.15) is 11.4 Å². The highest BCUT2D eigenvalue weighted by Crippen LogP contribution is 2.22.